The molecule has 0 aromatic heterocycles. The monoisotopic (exact) mass is 326 g/mol. The van der Waals surface area contributed by atoms with Crippen molar-refractivity contribution in [2.24, 2.45) is 5.73 Å². The topological polar surface area (TPSA) is 64.3 Å². The Bertz CT molecular complexity index is 693. The standard InChI is InChI=1S/C20H26N2O2/c1-13(2)19-10-9-18(11-14(19)3)24-15(4)20(23)22-17-7-5-16(12-21)6-8-17/h5-11,13,15H,12,21H2,1-4H3,(H,22,23). The summed E-state index contributed by atoms with van der Waals surface area (Å²) in [6.45, 7) is 8.62. The van der Waals surface area contributed by atoms with Crippen LogP contribution in [-0.4, -0.2) is 12.0 Å². The lowest BCUT2D eigenvalue weighted by Crippen LogP contribution is -2.30. The molecule has 0 bridgehead atoms. The maximum absolute atomic E-state index is 12.3. The highest BCUT2D eigenvalue weighted by molar-refractivity contribution is 5.94. The van der Waals surface area contributed by atoms with E-state index in [-0.39, 0.29) is 5.91 Å². The van der Waals surface area contributed by atoms with Gasteiger partial charge in [-0.3, -0.25) is 4.79 Å². The maximum Gasteiger partial charge on any atom is 0.265 e. The van der Waals surface area contributed by atoms with Gasteiger partial charge in [0.25, 0.3) is 5.91 Å². The zero-order valence-electron chi connectivity index (χ0n) is 14.8. The van der Waals surface area contributed by atoms with Crippen molar-refractivity contribution in [3.05, 3.63) is 59.2 Å². The molecular weight excluding hydrogens is 300 g/mol. The van der Waals surface area contributed by atoms with Crippen LogP contribution < -0.4 is 15.8 Å². The van der Waals surface area contributed by atoms with Crippen LogP contribution in [0, 0.1) is 6.92 Å². The van der Waals surface area contributed by atoms with Crippen molar-refractivity contribution in [1.29, 1.82) is 0 Å². The number of amides is 1. The predicted octanol–water partition coefficient (Wildman–Crippen LogP) is 3.98. The van der Waals surface area contributed by atoms with Crippen LogP contribution in [0.5, 0.6) is 5.75 Å². The number of hydrogen-bond donors (Lipinski definition) is 2. The third kappa shape index (κ3) is 4.59. The van der Waals surface area contributed by atoms with Gasteiger partial charge in [0.1, 0.15) is 5.75 Å². The van der Waals surface area contributed by atoms with Gasteiger partial charge in [-0.25, -0.2) is 0 Å². The third-order valence-corrected chi connectivity index (χ3v) is 4.00. The number of ether oxygens (including phenoxy) is 1. The summed E-state index contributed by atoms with van der Waals surface area (Å²) < 4.78 is 5.78. The molecule has 1 amide bonds. The minimum absolute atomic E-state index is 0.180. The number of aryl methyl sites for hydroxylation is 1. The minimum atomic E-state index is -0.580. The molecule has 4 heteroatoms. The van der Waals surface area contributed by atoms with Gasteiger partial charge in [0.15, 0.2) is 6.10 Å². The Hall–Kier alpha value is -2.33. The summed E-state index contributed by atoms with van der Waals surface area (Å²) in [7, 11) is 0. The molecule has 0 fully saturated rings. The van der Waals surface area contributed by atoms with Crippen molar-refractivity contribution >= 4 is 11.6 Å². The molecule has 2 rings (SSSR count). The number of nitrogens with one attached hydrogen (secondary N) is 1. The largest absolute Gasteiger partial charge is 0.481 e. The lowest BCUT2D eigenvalue weighted by Gasteiger charge is -2.17. The molecule has 0 spiro atoms. The molecule has 3 N–H and O–H groups in total. The van der Waals surface area contributed by atoms with Crippen LogP contribution in [0.1, 0.15) is 43.4 Å². The van der Waals surface area contributed by atoms with Crippen molar-refractivity contribution in [1.82, 2.24) is 0 Å². The summed E-state index contributed by atoms with van der Waals surface area (Å²) in [6.07, 6.45) is -0.580. The Kier molecular flexibility index (Phi) is 5.99. The first-order chi connectivity index (χ1) is 11.4. The molecule has 0 aliphatic rings. The van der Waals surface area contributed by atoms with Gasteiger partial charge in [-0.1, -0.05) is 32.0 Å². The highest BCUT2D eigenvalue weighted by atomic mass is 16.5. The smallest absolute Gasteiger partial charge is 0.265 e. The summed E-state index contributed by atoms with van der Waals surface area (Å²) in [5, 5.41) is 2.85. The van der Waals surface area contributed by atoms with Crippen molar-refractivity contribution in [2.75, 3.05) is 5.32 Å². The first kappa shape index (κ1) is 18.0. The van der Waals surface area contributed by atoms with E-state index in [2.05, 4.69) is 32.2 Å². The Morgan fingerprint density at radius 2 is 1.79 bits per heavy atom. The molecular formula is C20H26N2O2. The first-order valence-corrected chi connectivity index (χ1v) is 8.27. The van der Waals surface area contributed by atoms with Gasteiger partial charge >= 0.3 is 0 Å². The Labute approximate surface area is 144 Å². The van der Waals surface area contributed by atoms with E-state index in [4.69, 9.17) is 10.5 Å². The van der Waals surface area contributed by atoms with E-state index in [1.165, 1.54) is 11.1 Å². The van der Waals surface area contributed by atoms with Crippen LogP contribution in [0.3, 0.4) is 0 Å². The minimum Gasteiger partial charge on any atom is -0.481 e. The summed E-state index contributed by atoms with van der Waals surface area (Å²) in [5.41, 5.74) is 9.80. The first-order valence-electron chi connectivity index (χ1n) is 8.27. The van der Waals surface area contributed by atoms with Crippen LogP contribution >= 0.6 is 0 Å². The molecule has 1 atom stereocenters. The average Bonchev–Trinajstić information content (AvgIpc) is 2.55. The number of anilines is 1. The van der Waals surface area contributed by atoms with E-state index in [9.17, 15) is 4.79 Å². The average molecular weight is 326 g/mol. The fourth-order valence-corrected chi connectivity index (χ4v) is 2.59. The molecule has 0 radical (unpaired) electrons. The van der Waals surface area contributed by atoms with Gasteiger partial charge in [0, 0.05) is 12.2 Å². The van der Waals surface area contributed by atoms with Gasteiger partial charge < -0.3 is 15.8 Å². The number of carbonyl (C=O) groups excluding carboxylic acids is 1. The van der Waals surface area contributed by atoms with Gasteiger partial charge in [-0.2, -0.15) is 0 Å². The van der Waals surface area contributed by atoms with Crippen molar-refractivity contribution in [3.8, 4) is 5.75 Å². The second-order valence-corrected chi connectivity index (χ2v) is 6.32. The molecule has 0 aliphatic heterocycles. The maximum atomic E-state index is 12.3. The van der Waals surface area contributed by atoms with E-state index >= 15 is 0 Å². The third-order valence-electron chi connectivity index (χ3n) is 4.00. The number of benzene rings is 2. The summed E-state index contributed by atoms with van der Waals surface area (Å²) in [6, 6.07) is 13.4. The van der Waals surface area contributed by atoms with Crippen LogP contribution in [0.4, 0.5) is 5.69 Å². The summed E-state index contributed by atoms with van der Waals surface area (Å²) in [5.74, 6) is 0.996. The SMILES string of the molecule is Cc1cc(OC(C)C(=O)Nc2ccc(CN)cc2)ccc1C(C)C. The second-order valence-electron chi connectivity index (χ2n) is 6.32. The van der Waals surface area contributed by atoms with E-state index in [1.807, 2.05) is 36.4 Å². The zero-order chi connectivity index (χ0) is 17.7. The van der Waals surface area contributed by atoms with Gasteiger partial charge in [-0.15, -0.1) is 0 Å². The van der Waals surface area contributed by atoms with Crippen LogP contribution in [-0.2, 0) is 11.3 Å². The fraction of sp³-hybridized carbons (Fsp3) is 0.350. The van der Waals surface area contributed by atoms with Crippen molar-refractivity contribution in [2.45, 2.75) is 46.3 Å². The van der Waals surface area contributed by atoms with Crippen molar-refractivity contribution < 1.29 is 9.53 Å². The zero-order valence-corrected chi connectivity index (χ0v) is 14.8. The normalized spacial score (nSPS) is 12.1. The van der Waals surface area contributed by atoms with Gasteiger partial charge in [0.2, 0.25) is 0 Å². The lowest BCUT2D eigenvalue weighted by molar-refractivity contribution is -0.122. The van der Waals surface area contributed by atoms with Crippen LogP contribution in [0.25, 0.3) is 0 Å². The van der Waals surface area contributed by atoms with Gasteiger partial charge in [0.05, 0.1) is 0 Å². The van der Waals surface area contributed by atoms with E-state index in [0.717, 1.165) is 11.3 Å². The summed E-state index contributed by atoms with van der Waals surface area (Å²) >= 11 is 0. The Morgan fingerprint density at radius 1 is 1.12 bits per heavy atom. The lowest BCUT2D eigenvalue weighted by atomic mass is 9.98. The van der Waals surface area contributed by atoms with Crippen LogP contribution in [0.2, 0.25) is 0 Å². The fourth-order valence-electron chi connectivity index (χ4n) is 2.59. The molecule has 0 saturated heterocycles. The highest BCUT2D eigenvalue weighted by Gasteiger charge is 2.15. The predicted molar refractivity (Wildman–Crippen MR) is 98.3 cm³/mol. The molecule has 0 aliphatic carbocycles. The van der Waals surface area contributed by atoms with E-state index in [1.54, 1.807) is 6.92 Å². The molecule has 1 unspecified atom stereocenters. The van der Waals surface area contributed by atoms with Crippen LogP contribution in [0.15, 0.2) is 42.5 Å². The molecule has 0 saturated carbocycles. The molecule has 4 nitrogen and oxygen atoms in total. The van der Waals surface area contributed by atoms with Gasteiger partial charge in [-0.05, 0) is 60.7 Å². The molecule has 2 aromatic rings. The number of carbonyl (C=O) groups is 1. The molecule has 0 heterocycles. The van der Waals surface area contributed by atoms with Crippen molar-refractivity contribution in [3.63, 3.8) is 0 Å². The van der Waals surface area contributed by atoms with E-state index in [0.29, 0.717) is 18.2 Å². The second kappa shape index (κ2) is 7.97. The quantitative estimate of drug-likeness (QED) is 0.844. The number of hydrogen-bond acceptors (Lipinski definition) is 3. The number of rotatable bonds is 6. The number of nitrogens with two attached hydrogens (primary N) is 1. The summed E-state index contributed by atoms with van der Waals surface area (Å²) in [4.78, 5) is 12.3. The Morgan fingerprint density at radius 3 is 2.33 bits per heavy atom. The van der Waals surface area contributed by atoms with E-state index < -0.39 is 6.10 Å². The molecule has 24 heavy (non-hydrogen) atoms. The highest BCUT2D eigenvalue weighted by Crippen LogP contribution is 2.24. The molecule has 2 aromatic carbocycles. The molecule has 128 valence electrons. The Balaban J connectivity index is 1.99.